The van der Waals surface area contributed by atoms with Crippen LogP contribution in [0.5, 0.6) is 0 Å². The predicted molar refractivity (Wildman–Crippen MR) is 136 cm³/mol. The molecule has 0 radical (unpaired) electrons. The maximum Gasteiger partial charge on any atom is 2.00 e. The molecular formula is C16N8Na8NiS8. The quantitative estimate of drug-likeness (QED) is 0.159. The molecule has 0 aliphatic carbocycles. The van der Waals surface area contributed by atoms with Crippen molar-refractivity contribution in [3.8, 4) is 0 Å². The Kier molecular flexibility index (Phi) is 34.3. The van der Waals surface area contributed by atoms with Crippen LogP contribution in [0.2, 0.25) is 0 Å². The van der Waals surface area contributed by atoms with Crippen LogP contribution in [-0.2, 0) is 118 Å². The molecule has 8 nitrogen and oxygen atoms in total. The zero-order chi connectivity index (χ0) is 22.9. The molecule has 8 bridgehead atoms. The summed E-state index contributed by atoms with van der Waals surface area (Å²) in [6.45, 7) is 0. The van der Waals surface area contributed by atoms with Crippen LogP contribution in [0.1, 0.15) is 23.3 Å². The second-order valence-electron chi connectivity index (χ2n) is 6.12. The van der Waals surface area contributed by atoms with Gasteiger partial charge in [-0.3, -0.25) is 0 Å². The monoisotopic (exact) mass is 802 g/mol. The summed E-state index contributed by atoms with van der Waals surface area (Å²) in [5.74, 6) is 0.472. The van der Waals surface area contributed by atoms with E-state index >= 15 is 0 Å². The van der Waals surface area contributed by atoms with E-state index in [4.69, 9.17) is 101 Å². The molecule has 41 heavy (non-hydrogen) atoms. The SMILES string of the molecule is [Na+].[Na+].[Na+].[Na+].[Na+].[Na+].[Na+].[Na+].[Ni+2].[S-]C1=C([S-])c2nc1nc1[n-]c(nc3nc(nc4[n-]c(n2)c([S-])c4[S-])C([S-])=C3[S-])c([S-])c1[S-]. The molecule has 0 unspecified atom stereocenters. The van der Waals surface area contributed by atoms with Gasteiger partial charge in [-0.25, -0.2) is 9.97 Å². The molecule has 2 aliphatic rings. The molecule has 3 aromatic heterocycles. The average Bonchev–Trinajstić information content (AvgIpc) is 3.37. The summed E-state index contributed by atoms with van der Waals surface area (Å²) < 4.78 is 0. The van der Waals surface area contributed by atoms with Crippen molar-refractivity contribution in [2.24, 2.45) is 0 Å². The number of hydrogen-bond acceptors (Lipinski definition) is 14. The van der Waals surface area contributed by atoms with E-state index in [1.807, 2.05) is 0 Å². The van der Waals surface area contributed by atoms with Gasteiger partial charge in [0.2, 0.25) is 0 Å². The van der Waals surface area contributed by atoms with Gasteiger partial charge >= 0.3 is 253 Å². The zero-order valence-electron chi connectivity index (χ0n) is 23.2. The van der Waals surface area contributed by atoms with Gasteiger partial charge in [-0.15, -0.1) is 0 Å². The van der Waals surface area contributed by atoms with E-state index < -0.39 is 0 Å². The number of hydrogen-bond donors (Lipinski definition) is 0. The molecule has 5 rings (SSSR count). The standard InChI is InChI=1S/C16H8N8S8.8Na.Ni/c25-1-2(26)10-17-9(1)21-11-3(27)4(28)13(18-11)23-15-7(31)8(32)16(20-15)24-14-6(30)5(29)12(19-14)22-10;;;;;;;;;/h(H8-2,17,18,19,20,21,22,23,24,25,26,27,28,29,30,31,32);;;;;;;;;/q-2;8*+1;+2/p-8. The molecule has 170 valence electrons. The Morgan fingerprint density at radius 3 is 0.659 bits per heavy atom. The maximum atomic E-state index is 5.36. The van der Waals surface area contributed by atoms with Crippen LogP contribution in [0, 0.1) is 0 Å². The van der Waals surface area contributed by atoms with E-state index in [-0.39, 0.29) is 338 Å². The van der Waals surface area contributed by atoms with Gasteiger partial charge in [0, 0.05) is 0 Å². The molecule has 0 N–H and O–H groups in total. The Labute approximate surface area is 467 Å². The number of rotatable bonds is 0. The van der Waals surface area contributed by atoms with E-state index in [0.717, 1.165) is 0 Å². The summed E-state index contributed by atoms with van der Waals surface area (Å²) >= 11 is 42.9. The first-order valence-electron chi connectivity index (χ1n) is 8.21. The first-order valence-corrected chi connectivity index (χ1v) is 11.5. The van der Waals surface area contributed by atoms with Crippen LogP contribution in [0.25, 0.3) is 42.2 Å². The van der Waals surface area contributed by atoms with E-state index in [2.05, 4.69) is 39.9 Å². The van der Waals surface area contributed by atoms with Gasteiger partial charge < -0.3 is 131 Å². The van der Waals surface area contributed by atoms with Crippen molar-refractivity contribution in [2.45, 2.75) is 19.6 Å². The van der Waals surface area contributed by atoms with Crippen LogP contribution in [0.4, 0.5) is 0 Å². The van der Waals surface area contributed by atoms with Crippen molar-refractivity contribution in [1.82, 2.24) is 39.9 Å². The van der Waals surface area contributed by atoms with Crippen LogP contribution in [0.3, 0.4) is 0 Å². The summed E-state index contributed by atoms with van der Waals surface area (Å²) in [6.07, 6.45) is 0. The van der Waals surface area contributed by atoms with E-state index in [1.54, 1.807) is 0 Å². The van der Waals surface area contributed by atoms with E-state index in [9.17, 15) is 0 Å². The minimum atomic E-state index is 0. The second-order valence-corrected chi connectivity index (χ2v) is 9.38. The normalized spacial score (nSPS) is 10.7. The molecule has 0 spiro atoms. The Bertz CT molecular complexity index is 1380. The number of nitrogens with zero attached hydrogens (tertiary/aromatic N) is 8. The third kappa shape index (κ3) is 12.3. The first kappa shape index (κ1) is 56.9. The molecule has 0 fully saturated rings. The molecule has 2 aliphatic heterocycles. The van der Waals surface area contributed by atoms with Crippen LogP contribution in [-0.4, -0.2) is 29.9 Å². The van der Waals surface area contributed by atoms with Crippen molar-refractivity contribution in [3.63, 3.8) is 0 Å². The fourth-order valence-electron chi connectivity index (χ4n) is 2.63. The number of fused-ring (bicyclic) bond motifs is 8. The van der Waals surface area contributed by atoms with Crippen LogP contribution >= 0.6 is 0 Å². The zero-order valence-corrected chi connectivity index (χ0v) is 46.7. The first-order chi connectivity index (χ1) is 15.2. The van der Waals surface area contributed by atoms with E-state index in [1.165, 1.54) is 0 Å². The fourth-order valence-corrected chi connectivity index (χ4v) is 4.09. The van der Waals surface area contributed by atoms with Gasteiger partial charge in [0.15, 0.2) is 0 Å². The summed E-state index contributed by atoms with van der Waals surface area (Å²) in [4.78, 5) is 36.2. The minimum Gasteiger partial charge on any atom is -0.780 e. The minimum absolute atomic E-state index is 0. The largest absolute Gasteiger partial charge is 2.00 e. The van der Waals surface area contributed by atoms with Gasteiger partial charge in [-0.2, -0.15) is 39.2 Å². The van der Waals surface area contributed by atoms with Crippen molar-refractivity contribution in [1.29, 1.82) is 0 Å². The molecule has 3 aromatic rings. The Hall–Kier alpha value is 6.57. The van der Waals surface area contributed by atoms with Crippen molar-refractivity contribution in [2.75, 3.05) is 0 Å². The maximum absolute atomic E-state index is 5.36. The summed E-state index contributed by atoms with van der Waals surface area (Å²) in [6, 6.07) is 0. The molecule has 0 atom stereocenters. The fraction of sp³-hybridized carbons (Fsp3) is 0. The second kappa shape index (κ2) is 24.7. The van der Waals surface area contributed by atoms with Crippen molar-refractivity contribution in [3.05, 3.63) is 23.3 Å². The topological polar surface area (TPSA) is 106 Å². The van der Waals surface area contributed by atoms with Crippen molar-refractivity contribution < 1.29 is 253 Å². The Balaban J connectivity index is -0.000000480. The molecule has 0 saturated heterocycles. The summed E-state index contributed by atoms with van der Waals surface area (Å²) in [5, 5.41) is 0. The number of aromatic nitrogens is 8. The molecule has 5 heterocycles. The van der Waals surface area contributed by atoms with Crippen LogP contribution < -0.4 is 246 Å². The molecular weight excluding hydrogens is 803 g/mol. The van der Waals surface area contributed by atoms with Gasteiger partial charge in [0.05, 0.1) is 23.3 Å². The molecule has 25 heteroatoms. The Morgan fingerprint density at radius 2 is 0.488 bits per heavy atom. The predicted octanol–water partition coefficient (Wildman–Crippen LogP) is -23.4. The molecule has 0 aromatic carbocycles. The van der Waals surface area contributed by atoms with Crippen molar-refractivity contribution >= 4 is 143 Å². The summed E-state index contributed by atoms with van der Waals surface area (Å²) in [5.41, 5.74) is 0.472. The summed E-state index contributed by atoms with van der Waals surface area (Å²) in [7, 11) is 0. The average molecular weight is 803 g/mol. The third-order valence-corrected chi connectivity index (χ3v) is 7.75. The molecule has 0 amide bonds. The Morgan fingerprint density at radius 1 is 0.317 bits per heavy atom. The van der Waals surface area contributed by atoms with E-state index in [0.29, 0.717) is 0 Å². The molecule has 0 saturated carbocycles. The third-order valence-electron chi connectivity index (χ3n) is 4.14. The van der Waals surface area contributed by atoms with Crippen LogP contribution in [0.15, 0.2) is 19.6 Å². The smallest absolute Gasteiger partial charge is 0.780 e. The van der Waals surface area contributed by atoms with Gasteiger partial charge in [0.25, 0.3) is 0 Å². The van der Waals surface area contributed by atoms with Gasteiger partial charge in [0.1, 0.15) is 0 Å². The van der Waals surface area contributed by atoms with Gasteiger partial charge in [-0.1, -0.05) is 0 Å². The van der Waals surface area contributed by atoms with Gasteiger partial charge in [-0.05, 0) is 22.6 Å².